The van der Waals surface area contributed by atoms with Gasteiger partial charge in [-0.2, -0.15) is 5.26 Å². The summed E-state index contributed by atoms with van der Waals surface area (Å²) in [7, 11) is -1.37. The van der Waals surface area contributed by atoms with E-state index >= 15 is 0 Å². The summed E-state index contributed by atoms with van der Waals surface area (Å²) in [5.74, 6) is 0.730. The SMILES string of the molecule is CN(c1ncnc2[nH]ccc12)[C@H]1C[C@@H](NS(=O)(=O)[C@@H]2CC[C@@H](C#N)C2)C1. The highest BCUT2D eigenvalue weighted by molar-refractivity contribution is 7.90. The van der Waals surface area contributed by atoms with Crippen LogP contribution < -0.4 is 9.62 Å². The molecule has 2 aromatic rings. The fourth-order valence-corrected chi connectivity index (χ4v) is 5.76. The van der Waals surface area contributed by atoms with Crippen LogP contribution in [0.5, 0.6) is 0 Å². The van der Waals surface area contributed by atoms with Crippen molar-refractivity contribution in [3.05, 3.63) is 18.6 Å². The topological polar surface area (TPSA) is 115 Å². The van der Waals surface area contributed by atoms with E-state index in [0.29, 0.717) is 19.3 Å². The molecule has 138 valence electrons. The quantitative estimate of drug-likeness (QED) is 0.820. The summed E-state index contributed by atoms with van der Waals surface area (Å²) in [5, 5.41) is 9.51. The molecule has 4 rings (SSSR count). The lowest BCUT2D eigenvalue weighted by molar-refractivity contribution is 0.315. The van der Waals surface area contributed by atoms with Gasteiger partial charge in [0, 0.05) is 31.2 Å². The van der Waals surface area contributed by atoms with Crippen molar-refractivity contribution in [2.75, 3.05) is 11.9 Å². The predicted octanol–water partition coefficient (Wildman–Crippen LogP) is 1.54. The number of hydrogen-bond donors (Lipinski definition) is 2. The molecule has 2 saturated carbocycles. The van der Waals surface area contributed by atoms with Crippen LogP contribution in [-0.4, -0.2) is 47.8 Å². The van der Waals surface area contributed by atoms with Crippen molar-refractivity contribution in [2.45, 2.75) is 49.4 Å². The molecule has 2 aliphatic carbocycles. The maximum Gasteiger partial charge on any atom is 0.214 e. The van der Waals surface area contributed by atoms with Crippen LogP contribution in [0, 0.1) is 17.2 Å². The average molecular weight is 374 g/mol. The van der Waals surface area contributed by atoms with Gasteiger partial charge in [0.25, 0.3) is 0 Å². The van der Waals surface area contributed by atoms with Crippen LogP contribution in [0.15, 0.2) is 18.6 Å². The van der Waals surface area contributed by atoms with Crippen LogP contribution in [0.2, 0.25) is 0 Å². The lowest BCUT2D eigenvalue weighted by atomic mass is 9.86. The number of sulfonamides is 1. The Labute approximate surface area is 152 Å². The average Bonchev–Trinajstić information content (AvgIpc) is 3.25. The molecule has 0 aromatic carbocycles. The summed E-state index contributed by atoms with van der Waals surface area (Å²) >= 11 is 0. The molecule has 0 bridgehead atoms. The maximum atomic E-state index is 12.5. The van der Waals surface area contributed by atoms with E-state index in [1.54, 1.807) is 0 Å². The van der Waals surface area contributed by atoms with Gasteiger partial charge in [0.05, 0.1) is 16.7 Å². The molecule has 2 heterocycles. The molecule has 2 N–H and O–H groups in total. The summed E-state index contributed by atoms with van der Waals surface area (Å²) in [5.41, 5.74) is 0.798. The summed E-state index contributed by atoms with van der Waals surface area (Å²) in [4.78, 5) is 13.8. The largest absolute Gasteiger partial charge is 0.356 e. The molecular formula is C17H22N6O2S. The highest BCUT2D eigenvalue weighted by atomic mass is 32.2. The number of fused-ring (bicyclic) bond motifs is 1. The lowest BCUT2D eigenvalue weighted by Gasteiger charge is -2.42. The summed E-state index contributed by atoms with van der Waals surface area (Å²) in [6.45, 7) is 0. The predicted molar refractivity (Wildman–Crippen MR) is 97.9 cm³/mol. The number of anilines is 1. The molecular weight excluding hydrogens is 352 g/mol. The number of nitrogens with one attached hydrogen (secondary N) is 2. The standard InChI is InChI=1S/C17H22N6O2S/c1-23(17-15-4-5-19-16(15)20-10-21-17)13-7-12(8-13)22-26(24,25)14-3-2-11(6-14)9-18/h4-5,10-14,22H,2-3,6-8H2,1H3,(H,19,20,21)/t11-,12-,13+,14-/m1/s1. The number of aromatic nitrogens is 3. The van der Waals surface area contributed by atoms with Crippen LogP contribution in [-0.2, 0) is 10.0 Å². The summed E-state index contributed by atoms with van der Waals surface area (Å²) < 4.78 is 27.9. The van der Waals surface area contributed by atoms with Crippen molar-refractivity contribution in [1.29, 1.82) is 5.26 Å². The number of nitrogens with zero attached hydrogens (tertiary/aromatic N) is 4. The van der Waals surface area contributed by atoms with Gasteiger partial charge in [0.15, 0.2) is 0 Å². The monoisotopic (exact) mass is 374 g/mol. The number of hydrogen-bond acceptors (Lipinski definition) is 6. The molecule has 0 unspecified atom stereocenters. The Morgan fingerprint density at radius 1 is 1.31 bits per heavy atom. The Bertz CT molecular complexity index is 944. The van der Waals surface area contributed by atoms with E-state index < -0.39 is 15.3 Å². The first-order valence-corrected chi connectivity index (χ1v) is 10.4. The van der Waals surface area contributed by atoms with Gasteiger partial charge in [0.2, 0.25) is 10.0 Å². The second kappa shape index (κ2) is 6.52. The number of H-pyrrole nitrogens is 1. The lowest BCUT2D eigenvalue weighted by Crippen LogP contribution is -2.54. The van der Waals surface area contributed by atoms with E-state index in [1.807, 2.05) is 19.3 Å². The zero-order chi connectivity index (χ0) is 18.3. The Kier molecular flexibility index (Phi) is 4.32. The van der Waals surface area contributed by atoms with Crippen LogP contribution >= 0.6 is 0 Å². The third kappa shape index (κ3) is 3.04. The summed E-state index contributed by atoms with van der Waals surface area (Å²) in [6, 6.07) is 4.33. The molecule has 8 nitrogen and oxygen atoms in total. The highest BCUT2D eigenvalue weighted by Gasteiger charge is 2.40. The molecule has 0 aliphatic heterocycles. The van der Waals surface area contributed by atoms with Crippen LogP contribution in [0.4, 0.5) is 5.82 Å². The van der Waals surface area contributed by atoms with E-state index in [9.17, 15) is 8.42 Å². The normalized spacial score (nSPS) is 28.6. The molecule has 0 radical (unpaired) electrons. The van der Waals surface area contributed by atoms with Gasteiger partial charge in [0.1, 0.15) is 17.8 Å². The zero-order valence-corrected chi connectivity index (χ0v) is 15.4. The first-order chi connectivity index (χ1) is 12.5. The van der Waals surface area contributed by atoms with Gasteiger partial charge in [-0.05, 0) is 38.2 Å². The number of aromatic amines is 1. The van der Waals surface area contributed by atoms with Crippen LogP contribution in [0.3, 0.4) is 0 Å². The third-order valence-corrected chi connectivity index (χ3v) is 7.63. The molecule has 9 heteroatoms. The van der Waals surface area contributed by atoms with E-state index in [0.717, 1.165) is 29.7 Å². The van der Waals surface area contributed by atoms with Crippen molar-refractivity contribution >= 4 is 26.9 Å². The minimum Gasteiger partial charge on any atom is -0.356 e. The van der Waals surface area contributed by atoms with E-state index in [1.165, 1.54) is 6.33 Å². The Balaban J connectivity index is 1.37. The van der Waals surface area contributed by atoms with Gasteiger partial charge >= 0.3 is 0 Å². The van der Waals surface area contributed by atoms with Crippen molar-refractivity contribution in [3.63, 3.8) is 0 Å². The van der Waals surface area contributed by atoms with E-state index in [4.69, 9.17) is 5.26 Å². The maximum absolute atomic E-state index is 12.5. The van der Waals surface area contributed by atoms with Gasteiger partial charge in [-0.15, -0.1) is 0 Å². The number of rotatable bonds is 5. The minimum absolute atomic E-state index is 0.0443. The van der Waals surface area contributed by atoms with Gasteiger partial charge in [-0.25, -0.2) is 23.1 Å². The highest BCUT2D eigenvalue weighted by Crippen LogP contribution is 2.34. The first kappa shape index (κ1) is 17.2. The second-order valence-electron chi connectivity index (χ2n) is 7.29. The van der Waals surface area contributed by atoms with Gasteiger partial charge in [-0.3, -0.25) is 0 Å². The van der Waals surface area contributed by atoms with Gasteiger partial charge in [-0.1, -0.05) is 0 Å². The van der Waals surface area contributed by atoms with Crippen LogP contribution in [0.1, 0.15) is 32.1 Å². The van der Waals surface area contributed by atoms with Crippen molar-refractivity contribution < 1.29 is 8.42 Å². The van der Waals surface area contributed by atoms with Gasteiger partial charge < -0.3 is 9.88 Å². The van der Waals surface area contributed by atoms with E-state index in [-0.39, 0.29) is 18.0 Å². The molecule has 2 aliphatic rings. The molecule has 2 atom stereocenters. The fourth-order valence-electron chi connectivity index (χ4n) is 3.98. The molecule has 0 spiro atoms. The third-order valence-electron chi connectivity index (χ3n) is 5.66. The second-order valence-corrected chi connectivity index (χ2v) is 9.29. The van der Waals surface area contributed by atoms with Crippen molar-refractivity contribution in [2.24, 2.45) is 5.92 Å². The summed E-state index contributed by atoms with van der Waals surface area (Å²) in [6.07, 6.45) is 6.59. The van der Waals surface area contributed by atoms with E-state index in [2.05, 4.69) is 30.6 Å². The molecule has 26 heavy (non-hydrogen) atoms. The Morgan fingerprint density at radius 2 is 2.12 bits per heavy atom. The fraction of sp³-hybridized carbons (Fsp3) is 0.588. The molecule has 0 amide bonds. The molecule has 2 aromatic heterocycles. The zero-order valence-electron chi connectivity index (χ0n) is 14.6. The first-order valence-electron chi connectivity index (χ1n) is 8.89. The van der Waals surface area contributed by atoms with Crippen LogP contribution in [0.25, 0.3) is 11.0 Å². The molecule has 2 fully saturated rings. The molecule has 0 saturated heterocycles. The minimum atomic E-state index is -3.35. The van der Waals surface area contributed by atoms with Crippen molar-refractivity contribution in [1.82, 2.24) is 19.7 Å². The Hall–Kier alpha value is -2.18. The Morgan fingerprint density at radius 3 is 2.85 bits per heavy atom. The number of nitriles is 1. The van der Waals surface area contributed by atoms with Crippen molar-refractivity contribution in [3.8, 4) is 6.07 Å². The smallest absolute Gasteiger partial charge is 0.214 e.